The van der Waals surface area contributed by atoms with Crippen molar-refractivity contribution in [1.82, 2.24) is 10.6 Å². The van der Waals surface area contributed by atoms with Crippen molar-refractivity contribution in [2.75, 3.05) is 25.7 Å². The van der Waals surface area contributed by atoms with E-state index >= 15 is 0 Å². The van der Waals surface area contributed by atoms with E-state index in [1.807, 2.05) is 0 Å². The Morgan fingerprint density at radius 1 is 1.37 bits per heavy atom. The number of amides is 2. The molecule has 0 fully saturated rings. The number of carbonyl (C=O) groups excluding carboxylic acids is 1. The second-order valence-electron chi connectivity index (χ2n) is 4.21. The quantitative estimate of drug-likeness (QED) is 0.539. The lowest BCUT2D eigenvalue weighted by atomic mass is 10.2. The highest BCUT2D eigenvalue weighted by Gasteiger charge is 2.21. The molecule has 0 bridgehead atoms. The third kappa shape index (κ3) is 9.25. The molecule has 0 aromatic carbocycles. The number of carboxylic acid groups (broad SMARTS) is 1. The maximum absolute atomic E-state index is 11.4. The Kier molecular flexibility index (Phi) is 7.38. The van der Waals surface area contributed by atoms with E-state index in [4.69, 9.17) is 9.84 Å². The van der Waals surface area contributed by atoms with Crippen molar-refractivity contribution in [3.8, 4) is 0 Å². The molecule has 19 heavy (non-hydrogen) atoms. The minimum absolute atomic E-state index is 0.179. The van der Waals surface area contributed by atoms with Gasteiger partial charge < -0.3 is 20.5 Å². The van der Waals surface area contributed by atoms with Crippen LogP contribution in [0.3, 0.4) is 0 Å². The first-order valence-electron chi connectivity index (χ1n) is 5.63. The number of sulfone groups is 1. The maximum atomic E-state index is 11.4. The normalized spacial score (nSPS) is 14.5. The van der Waals surface area contributed by atoms with E-state index < -0.39 is 27.9 Å². The summed E-state index contributed by atoms with van der Waals surface area (Å²) in [5, 5.41) is 13.5. The predicted octanol–water partition coefficient (Wildman–Crippen LogP) is -0.792. The predicted molar refractivity (Wildman–Crippen MR) is 68.8 cm³/mol. The Labute approximate surface area is 112 Å². The molecule has 112 valence electrons. The highest BCUT2D eigenvalue weighted by Crippen LogP contribution is 1.97. The number of hydrogen-bond donors (Lipinski definition) is 3. The SMILES string of the molecule is COC(C)CNC(=O)NC(CCS(C)(=O)=O)C(=O)O. The number of ether oxygens (including phenoxy) is 1. The van der Waals surface area contributed by atoms with E-state index in [2.05, 4.69) is 10.6 Å². The molecule has 8 nitrogen and oxygen atoms in total. The van der Waals surface area contributed by atoms with Gasteiger partial charge in [-0.25, -0.2) is 18.0 Å². The Balaban J connectivity index is 4.27. The van der Waals surface area contributed by atoms with Gasteiger partial charge in [-0.15, -0.1) is 0 Å². The monoisotopic (exact) mass is 296 g/mol. The molecular weight excluding hydrogens is 276 g/mol. The highest BCUT2D eigenvalue weighted by atomic mass is 32.2. The van der Waals surface area contributed by atoms with E-state index in [0.29, 0.717) is 0 Å². The lowest BCUT2D eigenvalue weighted by Gasteiger charge is -2.16. The molecule has 0 radical (unpaired) electrons. The van der Waals surface area contributed by atoms with E-state index in [9.17, 15) is 18.0 Å². The smallest absolute Gasteiger partial charge is 0.326 e. The number of methoxy groups -OCH3 is 1. The maximum Gasteiger partial charge on any atom is 0.326 e. The van der Waals surface area contributed by atoms with Gasteiger partial charge in [0.05, 0.1) is 11.9 Å². The number of rotatable bonds is 8. The summed E-state index contributed by atoms with van der Waals surface area (Å²) >= 11 is 0. The molecule has 0 aromatic heterocycles. The second-order valence-corrected chi connectivity index (χ2v) is 6.47. The van der Waals surface area contributed by atoms with Crippen molar-refractivity contribution in [1.29, 1.82) is 0 Å². The Hall–Kier alpha value is -1.35. The van der Waals surface area contributed by atoms with Gasteiger partial charge >= 0.3 is 12.0 Å². The van der Waals surface area contributed by atoms with Crippen LogP contribution in [0.4, 0.5) is 4.79 Å². The van der Waals surface area contributed by atoms with Gasteiger partial charge in [0.15, 0.2) is 0 Å². The average molecular weight is 296 g/mol. The fourth-order valence-electron chi connectivity index (χ4n) is 1.12. The van der Waals surface area contributed by atoms with Gasteiger partial charge in [-0.1, -0.05) is 0 Å². The summed E-state index contributed by atoms with van der Waals surface area (Å²) in [6.45, 7) is 1.96. The summed E-state index contributed by atoms with van der Waals surface area (Å²) in [5.74, 6) is -1.59. The van der Waals surface area contributed by atoms with Crippen LogP contribution in [-0.2, 0) is 19.4 Å². The topological polar surface area (TPSA) is 122 Å². The molecule has 2 amide bonds. The van der Waals surface area contributed by atoms with Crippen LogP contribution in [-0.4, -0.2) is 63.3 Å². The van der Waals surface area contributed by atoms with Gasteiger partial charge in [0.1, 0.15) is 15.9 Å². The highest BCUT2D eigenvalue weighted by molar-refractivity contribution is 7.90. The van der Waals surface area contributed by atoms with E-state index in [0.717, 1.165) is 6.26 Å². The molecule has 0 saturated heterocycles. The van der Waals surface area contributed by atoms with Gasteiger partial charge in [0.25, 0.3) is 0 Å². The number of urea groups is 1. The molecule has 2 atom stereocenters. The van der Waals surface area contributed by atoms with Crippen molar-refractivity contribution in [3.63, 3.8) is 0 Å². The fourth-order valence-corrected chi connectivity index (χ4v) is 1.78. The van der Waals surface area contributed by atoms with E-state index in [1.54, 1.807) is 6.92 Å². The lowest BCUT2D eigenvalue weighted by Crippen LogP contribution is -2.48. The van der Waals surface area contributed by atoms with Crippen molar-refractivity contribution in [3.05, 3.63) is 0 Å². The van der Waals surface area contributed by atoms with Crippen LogP contribution in [0.1, 0.15) is 13.3 Å². The van der Waals surface area contributed by atoms with Crippen LogP contribution < -0.4 is 10.6 Å². The molecule has 0 aliphatic heterocycles. The molecule has 0 rings (SSSR count). The summed E-state index contributed by atoms with van der Waals surface area (Å²) in [4.78, 5) is 22.3. The first kappa shape index (κ1) is 17.6. The van der Waals surface area contributed by atoms with Crippen LogP contribution in [0.25, 0.3) is 0 Å². The molecular formula is C10H20N2O6S. The largest absolute Gasteiger partial charge is 0.480 e. The van der Waals surface area contributed by atoms with Crippen LogP contribution in [0.2, 0.25) is 0 Å². The Bertz CT molecular complexity index is 408. The Morgan fingerprint density at radius 3 is 2.37 bits per heavy atom. The molecule has 0 aromatic rings. The van der Waals surface area contributed by atoms with Crippen molar-refractivity contribution < 1.29 is 27.9 Å². The van der Waals surface area contributed by atoms with Crippen molar-refractivity contribution >= 4 is 21.8 Å². The fraction of sp³-hybridized carbons (Fsp3) is 0.800. The number of carboxylic acids is 1. The zero-order chi connectivity index (χ0) is 15.1. The summed E-state index contributed by atoms with van der Waals surface area (Å²) in [7, 11) is -1.79. The third-order valence-electron chi connectivity index (χ3n) is 2.33. The summed E-state index contributed by atoms with van der Waals surface area (Å²) in [6.07, 6.45) is 0.623. The van der Waals surface area contributed by atoms with Gasteiger partial charge in [0, 0.05) is 19.9 Å². The minimum atomic E-state index is -3.27. The molecule has 0 aliphatic rings. The van der Waals surface area contributed by atoms with Crippen LogP contribution in [0, 0.1) is 0 Å². The zero-order valence-corrected chi connectivity index (χ0v) is 12.0. The molecule has 0 aliphatic carbocycles. The van der Waals surface area contributed by atoms with Gasteiger partial charge in [0.2, 0.25) is 0 Å². The third-order valence-corrected chi connectivity index (χ3v) is 3.31. The second kappa shape index (κ2) is 7.95. The van der Waals surface area contributed by atoms with Crippen molar-refractivity contribution in [2.24, 2.45) is 0 Å². The zero-order valence-electron chi connectivity index (χ0n) is 11.2. The molecule has 9 heteroatoms. The number of aliphatic carboxylic acids is 1. The van der Waals surface area contributed by atoms with Gasteiger partial charge in [-0.2, -0.15) is 0 Å². The van der Waals surface area contributed by atoms with Crippen LogP contribution in [0.5, 0.6) is 0 Å². The lowest BCUT2D eigenvalue weighted by molar-refractivity contribution is -0.139. The molecule has 0 saturated carbocycles. The van der Waals surface area contributed by atoms with Gasteiger partial charge in [-0.3, -0.25) is 0 Å². The number of hydrogen-bond acceptors (Lipinski definition) is 5. The number of carbonyl (C=O) groups is 2. The van der Waals surface area contributed by atoms with Crippen LogP contribution in [0.15, 0.2) is 0 Å². The van der Waals surface area contributed by atoms with Crippen molar-refractivity contribution in [2.45, 2.75) is 25.5 Å². The molecule has 0 spiro atoms. The molecule has 0 heterocycles. The standard InChI is InChI=1S/C10H20N2O6S/c1-7(18-2)6-11-10(15)12-8(9(13)14)4-5-19(3,16)17/h7-8H,4-6H2,1-3H3,(H,13,14)(H2,11,12,15). The van der Waals surface area contributed by atoms with E-state index in [-0.39, 0.29) is 24.8 Å². The van der Waals surface area contributed by atoms with Gasteiger partial charge in [-0.05, 0) is 13.3 Å². The van der Waals surface area contributed by atoms with E-state index in [1.165, 1.54) is 7.11 Å². The molecule has 3 N–H and O–H groups in total. The summed E-state index contributed by atoms with van der Waals surface area (Å²) in [5.41, 5.74) is 0. The summed E-state index contributed by atoms with van der Waals surface area (Å²) in [6, 6.07) is -1.92. The minimum Gasteiger partial charge on any atom is -0.480 e. The first-order valence-corrected chi connectivity index (χ1v) is 7.69. The first-order chi connectivity index (χ1) is 8.65. The number of nitrogens with one attached hydrogen (secondary N) is 2. The van der Waals surface area contributed by atoms with Crippen LogP contribution >= 0.6 is 0 Å². The molecule has 2 unspecified atom stereocenters. The Morgan fingerprint density at radius 2 is 1.95 bits per heavy atom. The summed E-state index contributed by atoms with van der Waals surface area (Å²) < 4.78 is 26.8. The average Bonchev–Trinajstić information content (AvgIpc) is 2.29.